The van der Waals surface area contributed by atoms with E-state index in [1.807, 2.05) is 30.3 Å². The van der Waals surface area contributed by atoms with E-state index in [1.54, 1.807) is 0 Å². The molecule has 1 fully saturated rings. The third kappa shape index (κ3) is 3.18. The van der Waals surface area contributed by atoms with E-state index in [4.69, 9.17) is 20.8 Å². The van der Waals surface area contributed by atoms with E-state index in [2.05, 4.69) is 6.07 Å². The Hall–Kier alpha value is -1.29. The molecule has 1 saturated heterocycles. The number of furan rings is 1. The predicted molar refractivity (Wildman–Crippen MR) is 74.4 cm³/mol. The lowest BCUT2D eigenvalue weighted by Gasteiger charge is -2.22. The second-order valence-corrected chi connectivity index (χ2v) is 5.25. The minimum Gasteiger partial charge on any atom is -0.455 e. The van der Waals surface area contributed by atoms with E-state index in [0.717, 1.165) is 55.0 Å². The second-order valence-electron chi connectivity index (χ2n) is 4.81. The molecule has 1 aliphatic heterocycles. The van der Waals surface area contributed by atoms with Crippen molar-refractivity contribution in [2.24, 2.45) is 0 Å². The first-order valence-electron chi connectivity index (χ1n) is 6.57. The maximum atomic E-state index is 5.91. The Morgan fingerprint density at radius 3 is 2.47 bits per heavy atom. The van der Waals surface area contributed by atoms with Crippen LogP contribution in [0.1, 0.15) is 5.76 Å². The van der Waals surface area contributed by atoms with Gasteiger partial charge in [-0.05, 0) is 36.4 Å². The van der Waals surface area contributed by atoms with E-state index >= 15 is 0 Å². The summed E-state index contributed by atoms with van der Waals surface area (Å²) in [6, 6.07) is 11.8. The van der Waals surface area contributed by atoms with Crippen molar-refractivity contribution in [3.8, 4) is 11.3 Å². The summed E-state index contributed by atoms with van der Waals surface area (Å²) < 4.78 is 11.3. The van der Waals surface area contributed by atoms with E-state index in [9.17, 15) is 0 Å². The van der Waals surface area contributed by atoms with Crippen molar-refractivity contribution in [3.63, 3.8) is 0 Å². The van der Waals surface area contributed by atoms with E-state index in [-0.39, 0.29) is 0 Å². The van der Waals surface area contributed by atoms with Gasteiger partial charge in [0.1, 0.15) is 25.4 Å². The van der Waals surface area contributed by atoms with Crippen LogP contribution in [0.5, 0.6) is 0 Å². The molecule has 4 heteroatoms. The van der Waals surface area contributed by atoms with Crippen LogP contribution < -0.4 is 4.90 Å². The molecule has 1 aliphatic rings. The van der Waals surface area contributed by atoms with Crippen LogP contribution >= 0.6 is 11.6 Å². The lowest BCUT2D eigenvalue weighted by atomic mass is 10.2. The summed E-state index contributed by atoms with van der Waals surface area (Å²) in [7, 11) is 0. The highest BCUT2D eigenvalue weighted by Gasteiger charge is 2.16. The van der Waals surface area contributed by atoms with Crippen molar-refractivity contribution in [1.29, 1.82) is 0 Å². The monoisotopic (exact) mass is 278 g/mol. The predicted octanol–water partition coefficient (Wildman–Crippen LogP) is 2.02. The van der Waals surface area contributed by atoms with Crippen molar-refractivity contribution < 1.29 is 14.1 Å². The number of quaternary nitrogens is 1. The second kappa shape index (κ2) is 5.78. The lowest BCUT2D eigenvalue weighted by molar-refractivity contribution is -0.922. The first kappa shape index (κ1) is 12.7. The quantitative estimate of drug-likeness (QED) is 0.930. The van der Waals surface area contributed by atoms with E-state index in [0.29, 0.717) is 0 Å². The van der Waals surface area contributed by atoms with Gasteiger partial charge in [-0.15, -0.1) is 0 Å². The summed E-state index contributed by atoms with van der Waals surface area (Å²) >= 11 is 5.89. The Kier molecular flexibility index (Phi) is 3.87. The van der Waals surface area contributed by atoms with Gasteiger partial charge in [0.05, 0.1) is 13.2 Å². The maximum absolute atomic E-state index is 5.91. The molecule has 0 unspecified atom stereocenters. The minimum absolute atomic E-state index is 0.744. The van der Waals surface area contributed by atoms with Crippen LogP contribution in [0.4, 0.5) is 0 Å². The van der Waals surface area contributed by atoms with Crippen LogP contribution in [0, 0.1) is 0 Å². The summed E-state index contributed by atoms with van der Waals surface area (Å²) in [5.41, 5.74) is 1.06. The molecule has 0 spiro atoms. The molecule has 2 aromatic rings. The summed E-state index contributed by atoms with van der Waals surface area (Å²) in [6.07, 6.45) is 0. The molecule has 2 heterocycles. The minimum atomic E-state index is 0.744. The zero-order chi connectivity index (χ0) is 13.1. The van der Waals surface area contributed by atoms with Gasteiger partial charge in [0, 0.05) is 10.6 Å². The van der Waals surface area contributed by atoms with Gasteiger partial charge in [-0.25, -0.2) is 0 Å². The van der Waals surface area contributed by atoms with Crippen LogP contribution in [0.15, 0.2) is 40.8 Å². The van der Waals surface area contributed by atoms with Crippen molar-refractivity contribution in [2.75, 3.05) is 26.3 Å². The van der Waals surface area contributed by atoms with Crippen molar-refractivity contribution in [1.82, 2.24) is 0 Å². The standard InChI is InChI=1S/C15H16ClNO2/c16-13-3-1-12(2-4-13)15-6-5-14(19-15)11-17-7-9-18-10-8-17/h1-6H,7-11H2/p+1. The molecule has 0 amide bonds. The molecule has 3 rings (SSSR count). The molecule has 0 bridgehead atoms. The van der Waals surface area contributed by atoms with Gasteiger partial charge >= 0.3 is 0 Å². The number of benzene rings is 1. The zero-order valence-corrected chi connectivity index (χ0v) is 11.5. The Bertz CT molecular complexity index is 529. The summed E-state index contributed by atoms with van der Waals surface area (Å²) in [5, 5.41) is 0.744. The number of rotatable bonds is 3. The van der Waals surface area contributed by atoms with Crippen molar-refractivity contribution in [3.05, 3.63) is 47.2 Å². The fourth-order valence-corrected chi connectivity index (χ4v) is 2.45. The van der Waals surface area contributed by atoms with Crippen molar-refractivity contribution >= 4 is 11.6 Å². The maximum Gasteiger partial charge on any atom is 0.158 e. The fraction of sp³-hybridized carbons (Fsp3) is 0.333. The Morgan fingerprint density at radius 1 is 1.00 bits per heavy atom. The Balaban J connectivity index is 1.70. The molecule has 1 N–H and O–H groups in total. The first-order chi connectivity index (χ1) is 9.31. The number of nitrogens with one attached hydrogen (secondary N) is 1. The molecule has 0 aliphatic carbocycles. The highest BCUT2D eigenvalue weighted by molar-refractivity contribution is 6.30. The van der Waals surface area contributed by atoms with E-state index in [1.165, 1.54) is 4.90 Å². The highest BCUT2D eigenvalue weighted by Crippen LogP contribution is 2.23. The molecule has 0 saturated carbocycles. The van der Waals surface area contributed by atoms with Gasteiger partial charge < -0.3 is 14.1 Å². The van der Waals surface area contributed by atoms with Gasteiger partial charge in [0.25, 0.3) is 0 Å². The molecule has 1 aromatic heterocycles. The van der Waals surface area contributed by atoms with Crippen LogP contribution in [0.25, 0.3) is 11.3 Å². The summed E-state index contributed by atoms with van der Waals surface area (Å²) in [5.74, 6) is 1.93. The van der Waals surface area contributed by atoms with Crippen molar-refractivity contribution in [2.45, 2.75) is 6.54 Å². The molecule has 3 nitrogen and oxygen atoms in total. The third-order valence-electron chi connectivity index (χ3n) is 3.41. The Labute approximate surface area is 117 Å². The summed E-state index contributed by atoms with van der Waals surface area (Å²) in [4.78, 5) is 1.52. The molecule has 1 aromatic carbocycles. The molecule has 0 atom stereocenters. The highest BCUT2D eigenvalue weighted by atomic mass is 35.5. The van der Waals surface area contributed by atoms with E-state index < -0.39 is 0 Å². The van der Waals surface area contributed by atoms with Gasteiger partial charge in [0.15, 0.2) is 5.76 Å². The molecular formula is C15H17ClNO2+. The first-order valence-corrected chi connectivity index (χ1v) is 6.95. The zero-order valence-electron chi connectivity index (χ0n) is 10.7. The number of ether oxygens (including phenoxy) is 1. The number of morpholine rings is 1. The number of hydrogen-bond acceptors (Lipinski definition) is 2. The lowest BCUT2D eigenvalue weighted by Crippen LogP contribution is -3.12. The average Bonchev–Trinajstić information content (AvgIpc) is 2.89. The topological polar surface area (TPSA) is 26.8 Å². The molecule has 100 valence electrons. The largest absolute Gasteiger partial charge is 0.455 e. The van der Waals surface area contributed by atoms with Crippen LogP contribution in [0.3, 0.4) is 0 Å². The third-order valence-corrected chi connectivity index (χ3v) is 3.67. The number of hydrogen-bond donors (Lipinski definition) is 1. The van der Waals surface area contributed by atoms with Gasteiger partial charge in [-0.2, -0.15) is 0 Å². The molecular weight excluding hydrogens is 262 g/mol. The SMILES string of the molecule is Clc1ccc(-c2ccc(C[NH+]3CCOCC3)o2)cc1. The van der Waals surface area contributed by atoms with Gasteiger partial charge in [-0.3, -0.25) is 0 Å². The van der Waals surface area contributed by atoms with Crippen LogP contribution in [0.2, 0.25) is 5.02 Å². The summed E-state index contributed by atoms with van der Waals surface area (Å²) in [6.45, 7) is 4.73. The van der Waals surface area contributed by atoms with Gasteiger partial charge in [0.2, 0.25) is 0 Å². The molecule has 0 radical (unpaired) electrons. The average molecular weight is 279 g/mol. The normalized spacial score (nSPS) is 16.7. The number of halogens is 1. The fourth-order valence-electron chi connectivity index (χ4n) is 2.33. The van der Waals surface area contributed by atoms with Gasteiger partial charge in [-0.1, -0.05) is 11.6 Å². The molecule has 19 heavy (non-hydrogen) atoms. The Morgan fingerprint density at radius 2 is 1.74 bits per heavy atom. The smallest absolute Gasteiger partial charge is 0.158 e. The van der Waals surface area contributed by atoms with Crippen LogP contribution in [-0.4, -0.2) is 26.3 Å². The van der Waals surface area contributed by atoms with Crippen LogP contribution in [-0.2, 0) is 11.3 Å².